The molecule has 0 spiro atoms. The second-order valence-corrected chi connectivity index (χ2v) is 7.29. The average molecular weight is 424 g/mol. The van der Waals surface area contributed by atoms with E-state index in [1.165, 1.54) is 0 Å². The lowest BCUT2D eigenvalue weighted by atomic mass is 10.1. The molecule has 2 unspecified atom stereocenters. The minimum Gasteiger partial charge on any atom is -0.352 e. The van der Waals surface area contributed by atoms with Crippen LogP contribution in [0.5, 0.6) is 0 Å². The summed E-state index contributed by atoms with van der Waals surface area (Å²) >= 11 is 9.21. The van der Waals surface area contributed by atoms with Gasteiger partial charge in [-0.3, -0.25) is 9.59 Å². The fourth-order valence-corrected chi connectivity index (χ4v) is 2.73. The summed E-state index contributed by atoms with van der Waals surface area (Å²) < 4.78 is 1.02. The topological polar surface area (TPSA) is 58.2 Å². The molecule has 0 aliphatic heterocycles. The molecule has 2 aromatic carbocycles. The van der Waals surface area contributed by atoms with Gasteiger partial charge in [-0.05, 0) is 62.2 Å². The second kappa shape index (κ2) is 9.02. The third-order valence-electron chi connectivity index (χ3n) is 3.69. The average Bonchev–Trinajstić information content (AvgIpc) is 2.57. The van der Waals surface area contributed by atoms with E-state index in [2.05, 4.69) is 26.6 Å². The minimum absolute atomic E-state index is 0.0384. The van der Waals surface area contributed by atoms with E-state index in [1.807, 2.05) is 31.2 Å². The van der Waals surface area contributed by atoms with E-state index in [4.69, 9.17) is 11.6 Å². The van der Waals surface area contributed by atoms with Gasteiger partial charge in [-0.2, -0.15) is 0 Å². The van der Waals surface area contributed by atoms with Gasteiger partial charge in [0.25, 0.3) is 5.91 Å². The van der Waals surface area contributed by atoms with Crippen molar-refractivity contribution in [1.82, 2.24) is 10.6 Å². The molecule has 4 nitrogen and oxygen atoms in total. The molecular formula is C19H20BrClN2O2. The Kier molecular flexibility index (Phi) is 7.02. The van der Waals surface area contributed by atoms with Gasteiger partial charge < -0.3 is 10.6 Å². The normalized spacial score (nSPS) is 13.0. The number of benzene rings is 2. The Hall–Kier alpha value is -1.85. The molecule has 132 valence electrons. The minimum atomic E-state index is -0.629. The lowest BCUT2D eigenvalue weighted by molar-refractivity contribution is -0.123. The van der Waals surface area contributed by atoms with E-state index in [0.29, 0.717) is 10.6 Å². The van der Waals surface area contributed by atoms with Crippen molar-refractivity contribution in [2.45, 2.75) is 32.4 Å². The third-order valence-corrected chi connectivity index (χ3v) is 4.47. The molecule has 6 heteroatoms. The van der Waals surface area contributed by atoms with Crippen molar-refractivity contribution < 1.29 is 9.59 Å². The SMILES string of the molecule is CC(Cc1ccc(Br)cc1)NC(=O)C(C)NC(=O)c1ccc(Cl)cc1. The Morgan fingerprint density at radius 1 is 1.00 bits per heavy atom. The van der Waals surface area contributed by atoms with Gasteiger partial charge in [0.15, 0.2) is 0 Å². The Balaban J connectivity index is 1.85. The van der Waals surface area contributed by atoms with Crippen LogP contribution in [0.2, 0.25) is 5.02 Å². The fraction of sp³-hybridized carbons (Fsp3) is 0.263. The molecule has 0 saturated carbocycles. The van der Waals surface area contributed by atoms with Gasteiger partial charge >= 0.3 is 0 Å². The number of amides is 2. The van der Waals surface area contributed by atoms with Gasteiger partial charge in [-0.15, -0.1) is 0 Å². The maximum absolute atomic E-state index is 12.3. The maximum atomic E-state index is 12.3. The number of carbonyl (C=O) groups excluding carboxylic acids is 2. The molecule has 2 rings (SSSR count). The molecule has 0 aliphatic carbocycles. The predicted molar refractivity (Wildman–Crippen MR) is 104 cm³/mol. The van der Waals surface area contributed by atoms with E-state index >= 15 is 0 Å². The number of nitrogens with one attached hydrogen (secondary N) is 2. The van der Waals surface area contributed by atoms with Gasteiger partial charge in [0.1, 0.15) is 6.04 Å². The van der Waals surface area contributed by atoms with Crippen LogP contribution in [0.4, 0.5) is 0 Å². The van der Waals surface area contributed by atoms with E-state index in [-0.39, 0.29) is 17.9 Å². The van der Waals surface area contributed by atoms with E-state index < -0.39 is 6.04 Å². The summed E-state index contributed by atoms with van der Waals surface area (Å²) in [4.78, 5) is 24.4. The zero-order valence-electron chi connectivity index (χ0n) is 14.1. The van der Waals surface area contributed by atoms with Crippen LogP contribution in [0.1, 0.15) is 29.8 Å². The molecule has 0 saturated heterocycles. The number of rotatable bonds is 6. The summed E-state index contributed by atoms with van der Waals surface area (Å²) in [5.41, 5.74) is 1.60. The van der Waals surface area contributed by atoms with Crippen LogP contribution in [0.15, 0.2) is 53.0 Å². The smallest absolute Gasteiger partial charge is 0.251 e. The number of hydrogen-bond donors (Lipinski definition) is 2. The first kappa shape index (κ1) is 19.5. The van der Waals surface area contributed by atoms with Crippen LogP contribution in [-0.2, 0) is 11.2 Å². The summed E-state index contributed by atoms with van der Waals surface area (Å²) in [6.45, 7) is 3.60. The van der Waals surface area contributed by atoms with Crippen molar-refractivity contribution in [3.05, 3.63) is 69.2 Å². The number of halogens is 2. The Bertz CT molecular complexity index is 732. The first-order valence-electron chi connectivity index (χ1n) is 7.96. The highest BCUT2D eigenvalue weighted by atomic mass is 79.9. The molecular weight excluding hydrogens is 404 g/mol. The van der Waals surface area contributed by atoms with Crippen molar-refractivity contribution in [2.75, 3.05) is 0 Å². The fourth-order valence-electron chi connectivity index (χ4n) is 2.34. The Morgan fingerprint density at radius 3 is 2.20 bits per heavy atom. The van der Waals surface area contributed by atoms with Crippen LogP contribution in [0.25, 0.3) is 0 Å². The molecule has 0 aliphatic rings. The molecule has 0 heterocycles. The summed E-state index contributed by atoms with van der Waals surface area (Å²) in [5.74, 6) is -0.521. The first-order chi connectivity index (χ1) is 11.8. The molecule has 0 fully saturated rings. The van der Waals surface area contributed by atoms with E-state index in [0.717, 1.165) is 16.5 Å². The van der Waals surface area contributed by atoms with Crippen LogP contribution in [0.3, 0.4) is 0 Å². The van der Waals surface area contributed by atoms with Crippen molar-refractivity contribution in [3.8, 4) is 0 Å². The van der Waals surface area contributed by atoms with Gasteiger partial charge in [-0.25, -0.2) is 0 Å². The zero-order chi connectivity index (χ0) is 18.4. The van der Waals surface area contributed by atoms with Crippen molar-refractivity contribution >= 4 is 39.3 Å². The van der Waals surface area contributed by atoms with Gasteiger partial charge in [0, 0.05) is 21.1 Å². The zero-order valence-corrected chi connectivity index (χ0v) is 16.4. The summed E-state index contributed by atoms with van der Waals surface area (Å²) in [6, 6.07) is 13.8. The van der Waals surface area contributed by atoms with Crippen LogP contribution >= 0.6 is 27.5 Å². The Morgan fingerprint density at radius 2 is 1.60 bits per heavy atom. The second-order valence-electron chi connectivity index (χ2n) is 5.94. The summed E-state index contributed by atoms with van der Waals surface area (Å²) in [7, 11) is 0. The predicted octanol–water partition coefficient (Wildman–Crippen LogP) is 3.97. The number of hydrogen-bond acceptors (Lipinski definition) is 2. The van der Waals surface area contributed by atoms with Gasteiger partial charge in [0.05, 0.1) is 0 Å². The highest BCUT2D eigenvalue weighted by molar-refractivity contribution is 9.10. The lowest BCUT2D eigenvalue weighted by Crippen LogP contribution is -2.47. The van der Waals surface area contributed by atoms with Crippen molar-refractivity contribution in [1.29, 1.82) is 0 Å². The molecule has 2 amide bonds. The van der Waals surface area contributed by atoms with Crippen molar-refractivity contribution in [2.24, 2.45) is 0 Å². The molecule has 2 aromatic rings. The standard InChI is InChI=1S/C19H20BrClN2O2/c1-12(11-14-3-7-16(20)8-4-14)22-18(24)13(2)23-19(25)15-5-9-17(21)10-6-15/h3-10,12-13H,11H2,1-2H3,(H,22,24)(H,23,25). The first-order valence-corrected chi connectivity index (χ1v) is 9.13. The van der Waals surface area contributed by atoms with Crippen molar-refractivity contribution in [3.63, 3.8) is 0 Å². The largest absolute Gasteiger partial charge is 0.352 e. The lowest BCUT2D eigenvalue weighted by Gasteiger charge is -2.19. The maximum Gasteiger partial charge on any atom is 0.251 e. The molecule has 25 heavy (non-hydrogen) atoms. The third kappa shape index (κ3) is 6.18. The highest BCUT2D eigenvalue weighted by Crippen LogP contribution is 2.12. The number of carbonyl (C=O) groups is 2. The molecule has 2 atom stereocenters. The van der Waals surface area contributed by atoms with Crippen LogP contribution < -0.4 is 10.6 Å². The van der Waals surface area contributed by atoms with E-state index in [1.54, 1.807) is 31.2 Å². The highest BCUT2D eigenvalue weighted by Gasteiger charge is 2.18. The monoisotopic (exact) mass is 422 g/mol. The van der Waals surface area contributed by atoms with Gasteiger partial charge in [0.2, 0.25) is 5.91 Å². The summed E-state index contributed by atoms with van der Waals surface area (Å²) in [6.07, 6.45) is 0.719. The van der Waals surface area contributed by atoms with E-state index in [9.17, 15) is 9.59 Å². The molecule has 0 radical (unpaired) electrons. The summed E-state index contributed by atoms with van der Waals surface area (Å²) in [5, 5.41) is 6.17. The van der Waals surface area contributed by atoms with Gasteiger partial charge in [-0.1, -0.05) is 39.7 Å². The Labute approximate surface area is 161 Å². The molecule has 0 aromatic heterocycles. The molecule has 0 bridgehead atoms. The quantitative estimate of drug-likeness (QED) is 0.738. The van der Waals surface area contributed by atoms with Crippen LogP contribution in [-0.4, -0.2) is 23.9 Å². The molecule has 2 N–H and O–H groups in total. The van der Waals surface area contributed by atoms with Crippen LogP contribution in [0, 0.1) is 0 Å².